The predicted molar refractivity (Wildman–Crippen MR) is 81.6 cm³/mol. The molecule has 1 aromatic rings. The Morgan fingerprint density at radius 3 is 2.90 bits per heavy atom. The van der Waals surface area contributed by atoms with Gasteiger partial charge < -0.3 is 14.8 Å². The zero-order valence-corrected chi connectivity index (χ0v) is 13.1. The first-order valence-electron chi connectivity index (χ1n) is 7.53. The molecule has 4 nitrogen and oxygen atoms in total. The third kappa shape index (κ3) is 2.13. The molecule has 114 valence electrons. The first-order valence-corrected chi connectivity index (χ1v) is 7.53. The van der Waals surface area contributed by atoms with E-state index in [1.165, 1.54) is 7.11 Å². The molecule has 1 N–H and O–H groups in total. The lowest BCUT2D eigenvalue weighted by molar-refractivity contribution is -0.0923. The molecule has 2 aliphatic rings. The summed E-state index contributed by atoms with van der Waals surface area (Å²) in [5.74, 6) is 0.285. The van der Waals surface area contributed by atoms with Crippen molar-refractivity contribution < 1.29 is 14.3 Å². The van der Waals surface area contributed by atoms with Gasteiger partial charge in [-0.2, -0.15) is 0 Å². The van der Waals surface area contributed by atoms with Crippen LogP contribution in [0.15, 0.2) is 18.2 Å². The van der Waals surface area contributed by atoms with E-state index >= 15 is 0 Å². The highest BCUT2D eigenvalue weighted by Crippen LogP contribution is 2.53. The molecular formula is C17H23NO3. The lowest BCUT2D eigenvalue weighted by Gasteiger charge is -2.55. The van der Waals surface area contributed by atoms with Crippen molar-refractivity contribution in [3.8, 4) is 0 Å². The third-order valence-corrected chi connectivity index (χ3v) is 5.15. The van der Waals surface area contributed by atoms with Crippen molar-refractivity contribution in [3.05, 3.63) is 29.3 Å². The highest BCUT2D eigenvalue weighted by atomic mass is 16.5. The van der Waals surface area contributed by atoms with Gasteiger partial charge in [-0.05, 0) is 31.0 Å². The summed E-state index contributed by atoms with van der Waals surface area (Å²) in [5.41, 5.74) is 2.71. The molecule has 0 amide bonds. The van der Waals surface area contributed by atoms with Crippen molar-refractivity contribution in [2.75, 3.05) is 19.0 Å². The highest BCUT2D eigenvalue weighted by Gasteiger charge is 2.59. The molecule has 3 rings (SSSR count). The first kappa shape index (κ1) is 14.4. The summed E-state index contributed by atoms with van der Waals surface area (Å²) in [5, 5.41) is 3.64. The van der Waals surface area contributed by atoms with Crippen molar-refractivity contribution in [2.24, 2.45) is 11.3 Å². The number of ether oxygens (including phenoxy) is 2. The molecular weight excluding hydrogens is 266 g/mol. The normalized spacial score (nSPS) is 29.4. The standard InChI is InChI=1S/C17H23NO3/c1-10-11(16(19)20-4)6-5-7-13(10)18-14-12-8-9-21-15(12)17(14,2)3/h5-7,12,14-15,18H,8-9H2,1-4H3. The summed E-state index contributed by atoms with van der Waals surface area (Å²) < 4.78 is 10.7. The van der Waals surface area contributed by atoms with Crippen molar-refractivity contribution in [2.45, 2.75) is 39.3 Å². The van der Waals surface area contributed by atoms with Crippen LogP contribution in [0.1, 0.15) is 36.2 Å². The molecule has 1 saturated heterocycles. The third-order valence-electron chi connectivity index (χ3n) is 5.15. The number of hydrogen-bond acceptors (Lipinski definition) is 4. The Balaban J connectivity index is 1.84. The van der Waals surface area contributed by atoms with E-state index in [1.807, 2.05) is 19.1 Å². The summed E-state index contributed by atoms with van der Waals surface area (Å²) in [6.45, 7) is 7.31. The smallest absolute Gasteiger partial charge is 0.338 e. The fraction of sp³-hybridized carbons (Fsp3) is 0.588. The van der Waals surface area contributed by atoms with Crippen molar-refractivity contribution in [1.82, 2.24) is 0 Å². The topological polar surface area (TPSA) is 47.6 Å². The molecule has 1 aliphatic heterocycles. The van der Waals surface area contributed by atoms with Gasteiger partial charge in [-0.1, -0.05) is 19.9 Å². The minimum Gasteiger partial charge on any atom is -0.465 e. The molecule has 0 aromatic heterocycles. The summed E-state index contributed by atoms with van der Waals surface area (Å²) >= 11 is 0. The second-order valence-electron chi connectivity index (χ2n) is 6.66. The molecule has 0 radical (unpaired) electrons. The molecule has 21 heavy (non-hydrogen) atoms. The number of benzene rings is 1. The minimum absolute atomic E-state index is 0.120. The number of esters is 1. The van der Waals surface area contributed by atoms with Crippen LogP contribution in [0.5, 0.6) is 0 Å². The van der Waals surface area contributed by atoms with E-state index < -0.39 is 0 Å². The summed E-state index contributed by atoms with van der Waals surface area (Å²) in [6, 6.07) is 6.12. The van der Waals surface area contributed by atoms with Gasteiger partial charge in [-0.3, -0.25) is 0 Å². The largest absolute Gasteiger partial charge is 0.465 e. The van der Waals surface area contributed by atoms with Gasteiger partial charge in [0.05, 0.1) is 18.8 Å². The number of carbonyl (C=O) groups is 1. The number of anilines is 1. The van der Waals surface area contributed by atoms with E-state index in [-0.39, 0.29) is 11.4 Å². The van der Waals surface area contributed by atoms with Crippen LogP contribution in [0.2, 0.25) is 0 Å². The van der Waals surface area contributed by atoms with Gasteiger partial charge in [0.25, 0.3) is 0 Å². The Bertz CT molecular complexity index is 567. The van der Waals surface area contributed by atoms with Crippen LogP contribution in [0, 0.1) is 18.3 Å². The van der Waals surface area contributed by atoms with E-state index in [1.54, 1.807) is 6.07 Å². The van der Waals surface area contributed by atoms with Gasteiger partial charge in [0.1, 0.15) is 0 Å². The zero-order valence-electron chi connectivity index (χ0n) is 13.1. The number of rotatable bonds is 3. The van der Waals surface area contributed by atoms with Crippen LogP contribution in [-0.2, 0) is 9.47 Å². The fourth-order valence-electron chi connectivity index (χ4n) is 3.91. The Morgan fingerprint density at radius 2 is 2.19 bits per heavy atom. The summed E-state index contributed by atoms with van der Waals surface area (Å²) in [4.78, 5) is 11.8. The van der Waals surface area contributed by atoms with Crippen LogP contribution in [-0.4, -0.2) is 31.8 Å². The molecule has 1 heterocycles. The lowest BCUT2D eigenvalue weighted by atomic mass is 9.57. The maximum absolute atomic E-state index is 11.8. The van der Waals surface area contributed by atoms with Crippen LogP contribution in [0.4, 0.5) is 5.69 Å². The molecule has 0 spiro atoms. The first-order chi connectivity index (χ1) is 9.96. The van der Waals surface area contributed by atoms with E-state index in [4.69, 9.17) is 9.47 Å². The monoisotopic (exact) mass is 289 g/mol. The number of hydrogen-bond donors (Lipinski definition) is 1. The Hall–Kier alpha value is -1.55. The predicted octanol–water partition coefficient (Wildman–Crippen LogP) is 3.01. The molecule has 1 aromatic carbocycles. The number of carbonyl (C=O) groups excluding carboxylic acids is 1. The Kier molecular flexibility index (Phi) is 3.44. The summed E-state index contributed by atoms with van der Waals surface area (Å²) in [7, 11) is 1.41. The van der Waals surface area contributed by atoms with Crippen molar-refractivity contribution in [1.29, 1.82) is 0 Å². The lowest BCUT2D eigenvalue weighted by Crippen LogP contribution is -2.63. The Labute approximate surface area is 125 Å². The Morgan fingerprint density at radius 1 is 1.43 bits per heavy atom. The van der Waals surface area contributed by atoms with Crippen LogP contribution in [0.3, 0.4) is 0 Å². The molecule has 4 heteroatoms. The average molecular weight is 289 g/mol. The van der Waals surface area contributed by atoms with Gasteiger partial charge in [0, 0.05) is 29.7 Å². The van der Waals surface area contributed by atoms with E-state index in [2.05, 4.69) is 19.2 Å². The minimum atomic E-state index is -0.286. The second kappa shape index (κ2) is 5.02. The number of nitrogens with one attached hydrogen (secondary N) is 1. The highest BCUT2D eigenvalue weighted by molar-refractivity contribution is 5.92. The maximum Gasteiger partial charge on any atom is 0.338 e. The molecule has 1 aliphatic carbocycles. The van der Waals surface area contributed by atoms with Gasteiger partial charge in [-0.15, -0.1) is 0 Å². The van der Waals surface area contributed by atoms with Crippen molar-refractivity contribution in [3.63, 3.8) is 0 Å². The second-order valence-corrected chi connectivity index (χ2v) is 6.66. The van der Waals surface area contributed by atoms with Crippen LogP contribution in [0.25, 0.3) is 0 Å². The van der Waals surface area contributed by atoms with E-state index in [0.717, 1.165) is 24.3 Å². The molecule has 0 bridgehead atoms. The maximum atomic E-state index is 11.8. The number of fused-ring (bicyclic) bond motifs is 1. The van der Waals surface area contributed by atoms with Gasteiger partial charge >= 0.3 is 5.97 Å². The van der Waals surface area contributed by atoms with Crippen LogP contribution < -0.4 is 5.32 Å². The zero-order chi connectivity index (χ0) is 15.2. The van der Waals surface area contributed by atoms with Crippen molar-refractivity contribution >= 4 is 11.7 Å². The molecule has 3 unspecified atom stereocenters. The molecule has 2 fully saturated rings. The van der Waals surface area contributed by atoms with E-state index in [9.17, 15) is 4.79 Å². The van der Waals surface area contributed by atoms with Crippen LogP contribution >= 0.6 is 0 Å². The quantitative estimate of drug-likeness (QED) is 0.869. The fourth-order valence-corrected chi connectivity index (χ4v) is 3.91. The molecule has 1 saturated carbocycles. The SMILES string of the molecule is COC(=O)c1cccc(NC2C3CCOC3C2(C)C)c1C. The van der Waals surface area contributed by atoms with Gasteiger partial charge in [0.15, 0.2) is 0 Å². The molecule has 3 atom stereocenters. The summed E-state index contributed by atoms with van der Waals surface area (Å²) in [6.07, 6.45) is 1.47. The average Bonchev–Trinajstić information content (AvgIpc) is 2.92. The van der Waals surface area contributed by atoms with E-state index in [0.29, 0.717) is 23.6 Å². The van der Waals surface area contributed by atoms with Gasteiger partial charge in [-0.25, -0.2) is 4.79 Å². The number of methoxy groups -OCH3 is 1. The van der Waals surface area contributed by atoms with Gasteiger partial charge in [0.2, 0.25) is 0 Å².